The van der Waals surface area contributed by atoms with Crippen LogP contribution in [0.3, 0.4) is 0 Å². The molecular weight excluding hydrogens is 501 g/mol. The summed E-state index contributed by atoms with van der Waals surface area (Å²) in [6.07, 6.45) is 10.5. The molecule has 4 saturated carbocycles. The van der Waals surface area contributed by atoms with Crippen molar-refractivity contribution in [1.29, 1.82) is 10.5 Å². The third kappa shape index (κ3) is 3.16. The molecular formula is C31H27Cl2N3O. The van der Waals surface area contributed by atoms with Gasteiger partial charge in [0.05, 0.1) is 34.3 Å². The average Bonchev–Trinajstić information content (AvgIpc) is 3.20. The van der Waals surface area contributed by atoms with Crippen molar-refractivity contribution in [3.05, 3.63) is 75.4 Å². The first-order valence-electron chi connectivity index (χ1n) is 13.3. The maximum absolute atomic E-state index is 15.0. The number of hydrogen-bond donors (Lipinski definition) is 0. The monoisotopic (exact) mass is 527 g/mol. The van der Waals surface area contributed by atoms with E-state index in [1.165, 1.54) is 19.3 Å². The summed E-state index contributed by atoms with van der Waals surface area (Å²) in [5, 5.41) is 22.3. The van der Waals surface area contributed by atoms with Crippen LogP contribution in [0.25, 0.3) is 6.08 Å². The van der Waals surface area contributed by atoms with Crippen molar-refractivity contribution < 1.29 is 4.79 Å². The fraction of sp³-hybridized carbons (Fsp3) is 0.452. The summed E-state index contributed by atoms with van der Waals surface area (Å²) < 4.78 is 0. The van der Waals surface area contributed by atoms with Gasteiger partial charge in [0.25, 0.3) is 0 Å². The number of nitriles is 2. The number of ketones is 1. The van der Waals surface area contributed by atoms with E-state index in [2.05, 4.69) is 12.1 Å². The zero-order chi connectivity index (χ0) is 25.5. The van der Waals surface area contributed by atoms with Crippen LogP contribution in [0.4, 0.5) is 0 Å². The SMILES string of the molecule is N#CC1(C#N)[C@@H](c2ccc(Cl)c(Cl)c2)[C@H](C(=O)C23CC4CC(CC(C4)C2)C3)N2C=Cc3ccccc3[C@@H]21. The van der Waals surface area contributed by atoms with Crippen molar-refractivity contribution in [2.45, 2.75) is 56.5 Å². The Hall–Kier alpha value is -2.79. The number of Topliss-reactive ketones (excluding diaryl/α,β-unsaturated/α-hetero) is 1. The molecule has 0 amide bonds. The second kappa shape index (κ2) is 8.10. The molecule has 0 N–H and O–H groups in total. The second-order valence-electron chi connectivity index (χ2n) is 12.0. The van der Waals surface area contributed by atoms with Crippen molar-refractivity contribution in [2.24, 2.45) is 28.6 Å². The van der Waals surface area contributed by atoms with Gasteiger partial charge < -0.3 is 4.90 Å². The molecule has 3 atom stereocenters. The van der Waals surface area contributed by atoms with Gasteiger partial charge in [0.15, 0.2) is 11.2 Å². The number of benzene rings is 2. The molecule has 5 fully saturated rings. The smallest absolute Gasteiger partial charge is 0.177 e. The Morgan fingerprint density at radius 2 is 1.57 bits per heavy atom. The summed E-state index contributed by atoms with van der Waals surface area (Å²) in [4.78, 5) is 17.0. The summed E-state index contributed by atoms with van der Waals surface area (Å²) in [7, 11) is 0. The van der Waals surface area contributed by atoms with Gasteiger partial charge >= 0.3 is 0 Å². The molecule has 37 heavy (non-hydrogen) atoms. The van der Waals surface area contributed by atoms with E-state index in [1.807, 2.05) is 47.5 Å². The van der Waals surface area contributed by atoms with Crippen LogP contribution in [-0.4, -0.2) is 16.7 Å². The molecule has 6 heteroatoms. The van der Waals surface area contributed by atoms with Gasteiger partial charge in [0.1, 0.15) is 0 Å². The highest BCUT2D eigenvalue weighted by atomic mass is 35.5. The van der Waals surface area contributed by atoms with E-state index in [4.69, 9.17) is 23.2 Å². The lowest BCUT2D eigenvalue weighted by molar-refractivity contribution is -0.148. The van der Waals surface area contributed by atoms with Gasteiger partial charge in [-0.1, -0.05) is 53.5 Å². The van der Waals surface area contributed by atoms with Crippen LogP contribution in [0, 0.1) is 51.2 Å². The van der Waals surface area contributed by atoms with Crippen LogP contribution in [0.2, 0.25) is 10.0 Å². The molecule has 2 aliphatic heterocycles. The van der Waals surface area contributed by atoms with Crippen LogP contribution < -0.4 is 0 Å². The fourth-order valence-corrected chi connectivity index (χ4v) is 9.41. The number of carbonyl (C=O) groups is 1. The number of rotatable bonds is 3. The second-order valence-corrected chi connectivity index (χ2v) is 12.9. The first kappa shape index (κ1) is 23.3. The van der Waals surface area contributed by atoms with E-state index in [0.717, 1.165) is 36.0 Å². The van der Waals surface area contributed by atoms with E-state index in [0.29, 0.717) is 27.8 Å². The predicted octanol–water partition coefficient (Wildman–Crippen LogP) is 7.31. The topological polar surface area (TPSA) is 67.9 Å². The lowest BCUT2D eigenvalue weighted by atomic mass is 9.47. The maximum Gasteiger partial charge on any atom is 0.177 e. The van der Waals surface area contributed by atoms with E-state index in [-0.39, 0.29) is 11.2 Å². The third-order valence-corrected chi connectivity index (χ3v) is 10.8. The number of hydrogen-bond acceptors (Lipinski definition) is 4. The molecule has 2 heterocycles. The predicted molar refractivity (Wildman–Crippen MR) is 142 cm³/mol. The van der Waals surface area contributed by atoms with Crippen molar-refractivity contribution >= 4 is 35.1 Å². The lowest BCUT2D eigenvalue weighted by Crippen LogP contribution is -2.55. The standard InChI is InChI=1S/C31H27Cl2N3O/c32-24-6-5-22(12-25(24)33)26-27(29(37)30-13-18-9-19(14-30)11-20(10-18)15-30)36-8-7-21-3-1-2-4-23(21)28(36)31(26,16-34)17-35/h1-8,12,18-20,26-28H,9-11,13-15H2/t18?,19?,20?,26-,27+,28+,30?/m0/s1. The quantitative estimate of drug-likeness (QED) is 0.419. The van der Waals surface area contributed by atoms with Gasteiger partial charge in [-0.25, -0.2) is 0 Å². The molecule has 1 saturated heterocycles. The first-order chi connectivity index (χ1) is 17.9. The summed E-state index contributed by atoms with van der Waals surface area (Å²) in [6.45, 7) is 0. The van der Waals surface area contributed by atoms with E-state index in [9.17, 15) is 15.3 Å². The Balaban J connectivity index is 1.44. The molecule has 0 aromatic heterocycles. The Morgan fingerprint density at radius 3 is 2.19 bits per heavy atom. The molecule has 0 unspecified atom stereocenters. The number of nitrogens with zero attached hydrogens (tertiary/aromatic N) is 3. The number of carbonyl (C=O) groups excluding carboxylic acids is 1. The first-order valence-corrected chi connectivity index (χ1v) is 14.0. The molecule has 6 aliphatic rings. The van der Waals surface area contributed by atoms with Crippen LogP contribution in [0.15, 0.2) is 48.7 Å². The number of halogens is 2. The highest BCUT2D eigenvalue weighted by molar-refractivity contribution is 6.42. The lowest BCUT2D eigenvalue weighted by Gasteiger charge is -2.57. The van der Waals surface area contributed by atoms with Crippen LogP contribution >= 0.6 is 23.2 Å². The molecule has 2 aromatic carbocycles. The normalized spacial score (nSPS) is 35.9. The highest BCUT2D eigenvalue weighted by Crippen LogP contribution is 2.65. The largest absolute Gasteiger partial charge is 0.357 e. The molecule has 4 nitrogen and oxygen atoms in total. The minimum atomic E-state index is -1.47. The summed E-state index contributed by atoms with van der Waals surface area (Å²) in [6, 6.07) is 16.9. The van der Waals surface area contributed by atoms with Gasteiger partial charge in [-0.15, -0.1) is 0 Å². The minimum Gasteiger partial charge on any atom is -0.357 e. The molecule has 2 aromatic rings. The molecule has 4 aliphatic carbocycles. The molecule has 0 spiro atoms. The zero-order valence-corrected chi connectivity index (χ0v) is 21.9. The van der Waals surface area contributed by atoms with Crippen molar-refractivity contribution in [2.75, 3.05) is 0 Å². The zero-order valence-electron chi connectivity index (χ0n) is 20.4. The van der Waals surface area contributed by atoms with Crippen molar-refractivity contribution in [3.8, 4) is 12.1 Å². The summed E-state index contributed by atoms with van der Waals surface area (Å²) >= 11 is 12.8. The summed E-state index contributed by atoms with van der Waals surface area (Å²) in [5.74, 6) is 1.41. The van der Waals surface area contributed by atoms with E-state index in [1.54, 1.807) is 12.1 Å². The highest BCUT2D eigenvalue weighted by Gasteiger charge is 2.67. The van der Waals surface area contributed by atoms with Crippen LogP contribution in [0.5, 0.6) is 0 Å². The molecule has 8 rings (SSSR count). The Bertz CT molecular complexity index is 1380. The van der Waals surface area contributed by atoms with Gasteiger partial charge in [-0.3, -0.25) is 4.79 Å². The Labute approximate surface area is 227 Å². The van der Waals surface area contributed by atoms with Gasteiger partial charge in [0, 0.05) is 17.5 Å². The molecule has 0 radical (unpaired) electrons. The third-order valence-electron chi connectivity index (χ3n) is 10.1. The van der Waals surface area contributed by atoms with Crippen molar-refractivity contribution in [1.82, 2.24) is 4.90 Å². The molecule has 4 bridgehead atoms. The number of fused-ring (bicyclic) bond motifs is 3. The van der Waals surface area contributed by atoms with Crippen LogP contribution in [0.1, 0.15) is 67.2 Å². The van der Waals surface area contributed by atoms with E-state index >= 15 is 0 Å². The van der Waals surface area contributed by atoms with Crippen LogP contribution in [-0.2, 0) is 4.79 Å². The van der Waals surface area contributed by atoms with Crippen molar-refractivity contribution in [3.63, 3.8) is 0 Å². The maximum atomic E-state index is 15.0. The summed E-state index contributed by atoms with van der Waals surface area (Å²) in [5.41, 5.74) is 0.777. The average molecular weight is 528 g/mol. The fourth-order valence-electron chi connectivity index (χ4n) is 9.10. The van der Waals surface area contributed by atoms with Gasteiger partial charge in [-0.05, 0) is 91.2 Å². The Morgan fingerprint density at radius 1 is 0.919 bits per heavy atom. The van der Waals surface area contributed by atoms with E-state index < -0.39 is 23.4 Å². The van der Waals surface area contributed by atoms with Gasteiger partial charge in [-0.2, -0.15) is 10.5 Å². The van der Waals surface area contributed by atoms with Gasteiger partial charge in [0.2, 0.25) is 0 Å². The Kier molecular flexibility index (Phi) is 5.11. The molecule has 186 valence electrons. The minimum absolute atomic E-state index is 0.212.